The van der Waals surface area contributed by atoms with Crippen molar-refractivity contribution in [1.29, 1.82) is 0 Å². The van der Waals surface area contributed by atoms with E-state index >= 15 is 0 Å². The van der Waals surface area contributed by atoms with Crippen LogP contribution in [0, 0.1) is 0 Å². The third-order valence-corrected chi connectivity index (χ3v) is 4.40. The zero-order valence-electron chi connectivity index (χ0n) is 13.0. The molecule has 122 valence electrons. The first kappa shape index (κ1) is 20.5. The molecule has 0 saturated carbocycles. The van der Waals surface area contributed by atoms with Crippen LogP contribution in [0.15, 0.2) is 0 Å². The van der Waals surface area contributed by atoms with Crippen LogP contribution in [0.25, 0.3) is 0 Å². The summed E-state index contributed by atoms with van der Waals surface area (Å²) in [5.74, 6) is 0. The minimum absolute atomic E-state index is 0. The topological polar surface area (TPSA) is 57.2 Å². The van der Waals surface area contributed by atoms with E-state index in [1.54, 1.807) is 28.4 Å². The Bertz CT molecular complexity index is 249. The summed E-state index contributed by atoms with van der Waals surface area (Å²) in [4.78, 5) is 0. The number of rotatable bonds is 8. The molecule has 1 N–H and O–H groups in total. The normalized spacial score (nSPS) is 36.9. The van der Waals surface area contributed by atoms with Gasteiger partial charge in [0.1, 0.15) is 44.1 Å². The highest BCUT2D eigenvalue weighted by molar-refractivity contribution is 4.94. The molecule has 6 nitrogen and oxygen atoms in total. The Morgan fingerprint density at radius 2 is 1.30 bits per heavy atom. The number of aliphatic hydroxyl groups is 1. The van der Waals surface area contributed by atoms with Gasteiger partial charge in [-0.25, -0.2) is 0 Å². The van der Waals surface area contributed by atoms with Crippen LogP contribution in [0.1, 0.15) is 0 Å². The Balaban J connectivity index is 0.00000361. The molecule has 0 bridgehead atoms. The number of quaternary nitrogens is 1. The van der Waals surface area contributed by atoms with Gasteiger partial charge in [-0.1, -0.05) is 0 Å². The molecule has 0 spiro atoms. The van der Waals surface area contributed by atoms with Gasteiger partial charge in [-0.2, -0.15) is 0 Å². The van der Waals surface area contributed by atoms with E-state index in [2.05, 4.69) is 7.05 Å². The van der Waals surface area contributed by atoms with E-state index in [9.17, 15) is 5.11 Å². The molecule has 0 aromatic rings. The third-order valence-electron chi connectivity index (χ3n) is 4.40. The van der Waals surface area contributed by atoms with Gasteiger partial charge in [0.15, 0.2) is 0 Å². The van der Waals surface area contributed by atoms with Gasteiger partial charge in [0.2, 0.25) is 0 Å². The van der Waals surface area contributed by atoms with Crippen molar-refractivity contribution < 1.29 is 52.5 Å². The molecule has 1 aliphatic rings. The predicted molar refractivity (Wildman–Crippen MR) is 71.1 cm³/mol. The Kier molecular flexibility index (Phi) is 9.73. The number of likely N-dealkylation sites (N-methyl/N-ethyl adjacent to an activating group) is 1. The smallest absolute Gasteiger partial charge is 0.143 e. The Labute approximate surface area is 138 Å². The van der Waals surface area contributed by atoms with Crippen LogP contribution < -0.4 is 24.0 Å². The second kappa shape index (κ2) is 9.50. The molecular weight excluding hydrogens is 377 g/mol. The first-order valence-corrected chi connectivity index (χ1v) is 6.59. The molecule has 0 aromatic carbocycles. The summed E-state index contributed by atoms with van der Waals surface area (Å²) in [6.07, 6.45) is -0.136. The van der Waals surface area contributed by atoms with E-state index < -0.39 is 0 Å². The molecule has 4 atom stereocenters. The largest absolute Gasteiger partial charge is 1.00 e. The van der Waals surface area contributed by atoms with E-state index in [0.717, 1.165) is 0 Å². The molecule has 7 heteroatoms. The monoisotopic (exact) mass is 405 g/mol. The maximum absolute atomic E-state index is 9.40. The average Bonchev–Trinajstić information content (AvgIpc) is 2.61. The van der Waals surface area contributed by atoms with Crippen LogP contribution in [0.2, 0.25) is 0 Å². The zero-order valence-corrected chi connectivity index (χ0v) is 15.2. The van der Waals surface area contributed by atoms with Crippen LogP contribution in [0.4, 0.5) is 0 Å². The molecule has 20 heavy (non-hydrogen) atoms. The molecule has 0 aromatic heterocycles. The van der Waals surface area contributed by atoms with Gasteiger partial charge in [0.25, 0.3) is 0 Å². The first-order chi connectivity index (χ1) is 9.10. The Morgan fingerprint density at radius 3 is 1.55 bits per heavy atom. The fraction of sp³-hybridized carbons (Fsp3) is 1.00. The highest BCUT2D eigenvalue weighted by Gasteiger charge is 2.59. The lowest BCUT2D eigenvalue weighted by molar-refractivity contribution is -0.946. The second-order valence-corrected chi connectivity index (χ2v) is 5.24. The molecule has 0 amide bonds. The van der Waals surface area contributed by atoms with E-state index in [4.69, 9.17) is 18.9 Å². The number of aliphatic hydroxyl groups excluding tert-OH is 1. The van der Waals surface area contributed by atoms with Crippen molar-refractivity contribution in [3.63, 3.8) is 0 Å². The van der Waals surface area contributed by atoms with Crippen molar-refractivity contribution in [2.75, 3.05) is 61.9 Å². The highest BCUT2D eigenvalue weighted by Crippen LogP contribution is 2.35. The Hall–Kier alpha value is 0.490. The molecule has 0 unspecified atom stereocenters. The van der Waals surface area contributed by atoms with Crippen LogP contribution >= 0.6 is 0 Å². The zero-order chi connectivity index (χ0) is 14.5. The van der Waals surface area contributed by atoms with Crippen LogP contribution in [-0.2, 0) is 18.9 Å². The van der Waals surface area contributed by atoms with Crippen molar-refractivity contribution >= 4 is 0 Å². The fourth-order valence-corrected chi connectivity index (χ4v) is 3.36. The van der Waals surface area contributed by atoms with Gasteiger partial charge in [-0.05, 0) is 0 Å². The molecule has 1 saturated heterocycles. The van der Waals surface area contributed by atoms with Crippen LogP contribution in [0.3, 0.4) is 0 Å². The van der Waals surface area contributed by atoms with Gasteiger partial charge in [0, 0.05) is 28.4 Å². The van der Waals surface area contributed by atoms with E-state index in [-0.39, 0.29) is 54.9 Å². The molecule has 0 aliphatic carbocycles. The molecule has 0 radical (unpaired) electrons. The summed E-state index contributed by atoms with van der Waals surface area (Å²) in [6, 6.07) is 0.236. The summed E-state index contributed by atoms with van der Waals surface area (Å²) < 4.78 is 22.6. The third kappa shape index (κ3) is 3.82. The number of halogens is 1. The van der Waals surface area contributed by atoms with Gasteiger partial charge >= 0.3 is 0 Å². The van der Waals surface area contributed by atoms with E-state index in [0.29, 0.717) is 24.2 Å². The molecule has 1 rings (SSSR count). The standard InChI is InChI=1S/C13H28NO5.HI/c1-14(6-7-15)10(8-16-2)12(18-4)13(19-5)11(14)9-17-3;/h10-13,15H,6-9H2,1-5H3;1H/q+1;/p-1/t10-,11-,12+,13+;/m0./s1. The number of hydrogen-bond acceptors (Lipinski definition) is 5. The summed E-state index contributed by atoms with van der Waals surface area (Å²) >= 11 is 0. The van der Waals surface area contributed by atoms with Crippen molar-refractivity contribution in [3.05, 3.63) is 0 Å². The summed E-state index contributed by atoms with van der Waals surface area (Å²) in [5.41, 5.74) is 0. The van der Waals surface area contributed by atoms with Crippen molar-refractivity contribution in [2.45, 2.75) is 24.3 Å². The quantitative estimate of drug-likeness (QED) is 0.336. The molecule has 1 aliphatic heterocycles. The van der Waals surface area contributed by atoms with E-state index in [1.165, 1.54) is 0 Å². The lowest BCUT2D eigenvalue weighted by atomic mass is 10.1. The number of likely N-dealkylation sites (tertiary alicyclic amines) is 1. The lowest BCUT2D eigenvalue weighted by Crippen LogP contribution is -3.00. The fourth-order valence-electron chi connectivity index (χ4n) is 3.36. The second-order valence-electron chi connectivity index (χ2n) is 5.24. The van der Waals surface area contributed by atoms with Crippen molar-refractivity contribution in [1.82, 2.24) is 0 Å². The minimum Gasteiger partial charge on any atom is -1.00 e. The van der Waals surface area contributed by atoms with Crippen LogP contribution in [0.5, 0.6) is 0 Å². The van der Waals surface area contributed by atoms with Gasteiger partial charge < -0.3 is 52.5 Å². The van der Waals surface area contributed by atoms with Gasteiger partial charge in [0.05, 0.1) is 13.7 Å². The molecule has 1 heterocycles. The maximum atomic E-state index is 9.40. The molecular formula is C13H28INO5. The van der Waals surface area contributed by atoms with Gasteiger partial charge in [-0.15, -0.1) is 0 Å². The van der Waals surface area contributed by atoms with Crippen LogP contribution in [-0.4, -0.2) is 95.7 Å². The predicted octanol–water partition coefficient (Wildman–Crippen LogP) is -3.50. The number of nitrogens with zero attached hydrogens (tertiary/aromatic N) is 1. The van der Waals surface area contributed by atoms with Crippen molar-refractivity contribution in [3.8, 4) is 0 Å². The average molecular weight is 405 g/mol. The number of methoxy groups -OCH3 is 4. The number of ether oxygens (including phenoxy) is 4. The molecule has 1 fully saturated rings. The summed E-state index contributed by atoms with van der Waals surface area (Å²) in [5, 5.41) is 9.40. The van der Waals surface area contributed by atoms with Gasteiger partial charge in [-0.3, -0.25) is 0 Å². The van der Waals surface area contributed by atoms with Crippen molar-refractivity contribution in [2.24, 2.45) is 0 Å². The SMILES string of the molecule is COC[C@H]1[C@@H](OC)[C@H](OC)[C@H](COC)[N+]1(C)CCO.[I-]. The Morgan fingerprint density at radius 1 is 0.900 bits per heavy atom. The first-order valence-electron chi connectivity index (χ1n) is 6.59. The summed E-state index contributed by atoms with van der Waals surface area (Å²) in [6.45, 7) is 1.87. The maximum Gasteiger partial charge on any atom is 0.143 e. The minimum atomic E-state index is -0.0679. The van der Waals surface area contributed by atoms with E-state index in [1.807, 2.05) is 0 Å². The summed E-state index contributed by atoms with van der Waals surface area (Å²) in [7, 11) is 8.85. The lowest BCUT2D eigenvalue weighted by Gasteiger charge is -2.40. The highest BCUT2D eigenvalue weighted by atomic mass is 127. The number of hydrogen-bond donors (Lipinski definition) is 1.